The number of methoxy groups -OCH3 is 3. The molecule has 0 N–H and O–H groups in total. The van der Waals surface area contributed by atoms with Crippen LogP contribution in [0.4, 0.5) is 0 Å². The van der Waals surface area contributed by atoms with Crippen molar-refractivity contribution in [3.05, 3.63) is 53.6 Å². The Morgan fingerprint density at radius 2 is 1.59 bits per heavy atom. The number of rotatable bonds is 11. The maximum absolute atomic E-state index is 13.6. The van der Waals surface area contributed by atoms with Gasteiger partial charge in [-0.1, -0.05) is 51.1 Å². The summed E-state index contributed by atoms with van der Waals surface area (Å²) in [5.74, 6) is 1.14. The lowest BCUT2D eigenvalue weighted by Crippen LogP contribution is -2.42. The van der Waals surface area contributed by atoms with E-state index in [0.717, 1.165) is 5.56 Å². The molecule has 2 aromatic rings. The third-order valence-electron chi connectivity index (χ3n) is 5.89. The molecule has 6 nitrogen and oxygen atoms in total. The zero-order chi connectivity index (χ0) is 23.9. The smallest absolute Gasteiger partial charge is 0.192 e. The van der Waals surface area contributed by atoms with E-state index in [1.54, 1.807) is 19.2 Å². The van der Waals surface area contributed by atoms with Crippen LogP contribution in [0.2, 0.25) is 18.1 Å². The highest BCUT2D eigenvalue weighted by Gasteiger charge is 2.40. The number of benzene rings is 2. The Morgan fingerprint density at radius 3 is 2.12 bits per heavy atom. The van der Waals surface area contributed by atoms with Crippen molar-refractivity contribution >= 4 is 14.1 Å². The lowest BCUT2D eigenvalue weighted by atomic mass is 9.98. The van der Waals surface area contributed by atoms with Gasteiger partial charge in [0.2, 0.25) is 0 Å². The maximum atomic E-state index is 13.6. The summed E-state index contributed by atoms with van der Waals surface area (Å²) in [6.45, 7) is 10.9. The van der Waals surface area contributed by atoms with Crippen LogP contribution < -0.4 is 14.2 Å². The van der Waals surface area contributed by atoms with Crippen molar-refractivity contribution in [2.24, 2.45) is 0 Å². The van der Waals surface area contributed by atoms with Gasteiger partial charge in [0.15, 0.2) is 20.9 Å². The van der Waals surface area contributed by atoms with Crippen LogP contribution in [0.25, 0.3) is 0 Å². The van der Waals surface area contributed by atoms with E-state index in [0.29, 0.717) is 22.8 Å². The van der Waals surface area contributed by atoms with Crippen molar-refractivity contribution in [2.45, 2.75) is 51.4 Å². The van der Waals surface area contributed by atoms with E-state index in [1.165, 1.54) is 14.2 Å². The number of hydrogen-bond donors (Lipinski definition) is 0. The molecule has 0 saturated carbocycles. The zero-order valence-electron chi connectivity index (χ0n) is 20.5. The molecule has 7 heteroatoms. The predicted octanol–water partition coefficient (Wildman–Crippen LogP) is 6.02. The Labute approximate surface area is 192 Å². The molecule has 0 spiro atoms. The Kier molecular flexibility index (Phi) is 8.89. The molecule has 0 amide bonds. The van der Waals surface area contributed by atoms with Gasteiger partial charge >= 0.3 is 0 Å². The first-order chi connectivity index (χ1) is 15.0. The van der Waals surface area contributed by atoms with Gasteiger partial charge in [-0.25, -0.2) is 0 Å². The molecule has 0 unspecified atom stereocenters. The molecule has 0 aliphatic rings. The van der Waals surface area contributed by atoms with Gasteiger partial charge in [-0.2, -0.15) is 0 Å². The molecular weight excluding hydrogens is 424 g/mol. The molecule has 0 bridgehead atoms. The number of carbonyl (C=O) groups is 1. The molecule has 32 heavy (non-hydrogen) atoms. The van der Waals surface area contributed by atoms with E-state index in [1.807, 2.05) is 30.3 Å². The van der Waals surface area contributed by atoms with Crippen molar-refractivity contribution in [2.75, 3.05) is 28.1 Å². The Hall–Kier alpha value is -2.35. The number of Topliss-reactive ketones (excluding diaryl/α,β-unsaturated/α-hetero) is 1. The van der Waals surface area contributed by atoms with Crippen LogP contribution in [0.3, 0.4) is 0 Å². The average molecular weight is 461 g/mol. The summed E-state index contributed by atoms with van der Waals surface area (Å²) in [5.41, 5.74) is 1.32. The molecule has 2 rings (SSSR count). The highest BCUT2D eigenvalue weighted by Crippen LogP contribution is 2.42. The lowest BCUT2D eigenvalue weighted by molar-refractivity contribution is 0.0496. The molecule has 176 valence electrons. The number of hydrogen-bond acceptors (Lipinski definition) is 6. The molecule has 0 radical (unpaired) electrons. The minimum atomic E-state index is -2.14. The quantitative estimate of drug-likeness (QED) is 0.232. The largest absolute Gasteiger partial charge is 0.496 e. The van der Waals surface area contributed by atoms with Crippen LogP contribution in [0, 0.1) is 0 Å². The fourth-order valence-electron chi connectivity index (χ4n) is 3.05. The van der Waals surface area contributed by atoms with Gasteiger partial charge in [0.05, 0.1) is 20.3 Å². The van der Waals surface area contributed by atoms with Crippen LogP contribution in [-0.2, 0) is 9.16 Å². The summed E-state index contributed by atoms with van der Waals surface area (Å²) < 4.78 is 28.3. The van der Waals surface area contributed by atoms with E-state index in [9.17, 15) is 4.79 Å². The van der Waals surface area contributed by atoms with Gasteiger partial charge in [-0.3, -0.25) is 4.79 Å². The third-order valence-corrected chi connectivity index (χ3v) is 10.4. The second-order valence-electron chi connectivity index (χ2n) is 9.16. The highest BCUT2D eigenvalue weighted by atomic mass is 28.4. The summed E-state index contributed by atoms with van der Waals surface area (Å²) in [6.07, 6.45) is -0.227. The van der Waals surface area contributed by atoms with Gasteiger partial charge in [0.1, 0.15) is 22.8 Å². The average Bonchev–Trinajstić information content (AvgIpc) is 2.75. The summed E-state index contributed by atoms with van der Waals surface area (Å²) in [7, 11) is 2.45. The zero-order valence-corrected chi connectivity index (χ0v) is 21.5. The van der Waals surface area contributed by atoms with Crippen molar-refractivity contribution in [1.82, 2.24) is 0 Å². The van der Waals surface area contributed by atoms with E-state index in [4.69, 9.17) is 23.4 Å². The molecule has 2 aromatic carbocycles. The lowest BCUT2D eigenvalue weighted by Gasteiger charge is -2.39. The van der Waals surface area contributed by atoms with Crippen LogP contribution in [0.15, 0.2) is 42.5 Å². The summed E-state index contributed by atoms with van der Waals surface area (Å²) in [4.78, 5) is 13.6. The fourth-order valence-corrected chi connectivity index (χ4v) is 4.34. The first-order valence-electron chi connectivity index (χ1n) is 10.7. The number of ether oxygens (including phenoxy) is 4. The monoisotopic (exact) mass is 460 g/mol. The summed E-state index contributed by atoms with van der Waals surface area (Å²) >= 11 is 0. The van der Waals surface area contributed by atoms with E-state index in [-0.39, 0.29) is 30.1 Å². The van der Waals surface area contributed by atoms with Crippen LogP contribution in [0.1, 0.15) is 49.2 Å². The molecule has 0 aliphatic heterocycles. The minimum absolute atomic E-state index is 0.000809. The van der Waals surface area contributed by atoms with Crippen molar-refractivity contribution in [3.8, 4) is 17.2 Å². The molecule has 0 aliphatic carbocycles. The molecule has 0 heterocycles. The molecule has 0 fully saturated rings. The van der Waals surface area contributed by atoms with Crippen molar-refractivity contribution in [3.63, 3.8) is 0 Å². The first kappa shape index (κ1) is 25.9. The van der Waals surface area contributed by atoms with Gasteiger partial charge in [0, 0.05) is 25.7 Å². The summed E-state index contributed by atoms with van der Waals surface area (Å²) in [5, 5.41) is 0.00756. The third kappa shape index (κ3) is 6.34. The maximum Gasteiger partial charge on any atom is 0.192 e. The van der Waals surface area contributed by atoms with Gasteiger partial charge < -0.3 is 23.4 Å². The van der Waals surface area contributed by atoms with Gasteiger partial charge in [-0.05, 0) is 23.7 Å². The Morgan fingerprint density at radius 1 is 0.969 bits per heavy atom. The van der Waals surface area contributed by atoms with E-state index < -0.39 is 8.32 Å². The molecular formula is C25H36O6Si. The fraction of sp³-hybridized carbons (Fsp3) is 0.480. The van der Waals surface area contributed by atoms with Crippen molar-refractivity contribution in [1.29, 1.82) is 0 Å². The van der Waals surface area contributed by atoms with E-state index in [2.05, 4.69) is 33.9 Å². The van der Waals surface area contributed by atoms with Crippen molar-refractivity contribution < 1.29 is 28.2 Å². The molecule has 0 saturated heterocycles. The second-order valence-corrected chi connectivity index (χ2v) is 13.9. The SMILES string of the molecule is COCOc1cc(OC)cc(OC)c1C(=O)C[C@@H](O[Si](C)(C)C(C)(C)C)c1ccccc1. The van der Waals surface area contributed by atoms with E-state index >= 15 is 0 Å². The van der Waals surface area contributed by atoms with Crippen LogP contribution in [-0.4, -0.2) is 42.2 Å². The Bertz CT molecular complexity index is 889. The first-order valence-corrected chi connectivity index (χ1v) is 13.6. The second kappa shape index (κ2) is 11.0. The molecule has 1 atom stereocenters. The summed E-state index contributed by atoms with van der Waals surface area (Å²) in [6, 6.07) is 13.2. The minimum Gasteiger partial charge on any atom is -0.496 e. The van der Waals surface area contributed by atoms with Gasteiger partial charge in [0.25, 0.3) is 0 Å². The van der Waals surface area contributed by atoms with Crippen LogP contribution in [0.5, 0.6) is 17.2 Å². The van der Waals surface area contributed by atoms with Gasteiger partial charge in [-0.15, -0.1) is 0 Å². The molecule has 0 aromatic heterocycles. The highest BCUT2D eigenvalue weighted by molar-refractivity contribution is 6.74. The number of ketones is 1. The number of carbonyl (C=O) groups excluding carboxylic acids is 1. The topological polar surface area (TPSA) is 63.2 Å². The predicted molar refractivity (Wildman–Crippen MR) is 128 cm³/mol. The normalized spacial score (nSPS) is 12.9. The standard InChI is InChI=1S/C25H36O6Si/c1-25(2,3)32(7,8)31-21(18-12-10-9-11-13-18)16-20(26)24-22(29-6)14-19(28-5)15-23(24)30-17-27-4/h9-15,21H,16-17H2,1-8H3/t21-/m1/s1. The van der Waals surface area contributed by atoms with Crippen LogP contribution >= 0.6 is 0 Å². The Balaban J connectivity index is 2.47.